The van der Waals surface area contributed by atoms with E-state index >= 15 is 0 Å². The smallest absolute Gasteiger partial charge is 0.269 e. The number of sulfonamides is 1. The van der Waals surface area contributed by atoms with Gasteiger partial charge in [-0.15, -0.1) is 0 Å². The van der Waals surface area contributed by atoms with E-state index in [1.54, 1.807) is 36.4 Å². The summed E-state index contributed by atoms with van der Waals surface area (Å²) in [6, 6.07) is 16.7. The number of ether oxygens (including phenoxy) is 3. The van der Waals surface area contributed by atoms with Gasteiger partial charge in [0, 0.05) is 17.5 Å². The summed E-state index contributed by atoms with van der Waals surface area (Å²) in [7, 11) is -2.58. The van der Waals surface area contributed by atoms with Crippen LogP contribution >= 0.6 is 0 Å². The van der Waals surface area contributed by atoms with Crippen LogP contribution in [0.1, 0.15) is 27.1 Å². The van der Waals surface area contributed by atoms with Gasteiger partial charge < -0.3 is 14.2 Å². The van der Waals surface area contributed by atoms with Crippen LogP contribution in [0.4, 0.5) is 5.69 Å². The fourth-order valence-electron chi connectivity index (χ4n) is 3.30. The second kappa shape index (κ2) is 10.3. The number of carbonyl (C=O) groups excluding carboxylic acids is 2. The van der Waals surface area contributed by atoms with Crippen LogP contribution in [0.3, 0.4) is 0 Å². The van der Waals surface area contributed by atoms with Crippen molar-refractivity contribution in [3.8, 4) is 17.2 Å². The number of hydrazine groups is 1. The molecule has 182 valence electrons. The minimum Gasteiger partial charge on any atom is -0.495 e. The Morgan fingerprint density at radius 1 is 0.829 bits per heavy atom. The Balaban J connectivity index is 1.43. The van der Waals surface area contributed by atoms with Gasteiger partial charge >= 0.3 is 0 Å². The van der Waals surface area contributed by atoms with Gasteiger partial charge in [-0.1, -0.05) is 18.2 Å². The highest BCUT2D eigenvalue weighted by atomic mass is 32.2. The van der Waals surface area contributed by atoms with Crippen molar-refractivity contribution in [3.63, 3.8) is 0 Å². The number of fused-ring (bicyclic) bond motifs is 1. The summed E-state index contributed by atoms with van der Waals surface area (Å²) in [5, 5.41) is 0. The standard InChI is InChI=1S/C24H23N3O7S/c1-32-20-9-3-2-8-19(20)27-35(30,31)18-7-4-6-16(14-18)23(28)25-26-24(29)17-10-11-21-22(15-17)34-13-5-12-33-21/h2-4,6-11,14-15,27H,5,12-13H2,1H3,(H,25,28)(H,26,29). The fourth-order valence-corrected chi connectivity index (χ4v) is 4.42. The molecule has 0 atom stereocenters. The first-order valence-corrected chi connectivity index (χ1v) is 12.1. The molecule has 3 aromatic rings. The van der Waals surface area contributed by atoms with Gasteiger partial charge in [0.15, 0.2) is 11.5 Å². The van der Waals surface area contributed by atoms with E-state index in [1.807, 2.05) is 0 Å². The summed E-state index contributed by atoms with van der Waals surface area (Å²) in [5.41, 5.74) is 5.15. The van der Waals surface area contributed by atoms with Crippen molar-refractivity contribution in [2.75, 3.05) is 25.0 Å². The molecular weight excluding hydrogens is 474 g/mol. The molecule has 11 heteroatoms. The van der Waals surface area contributed by atoms with Gasteiger partial charge in [-0.25, -0.2) is 8.42 Å². The van der Waals surface area contributed by atoms with Crippen molar-refractivity contribution in [1.82, 2.24) is 10.9 Å². The average Bonchev–Trinajstić information content (AvgIpc) is 3.12. The van der Waals surface area contributed by atoms with E-state index in [-0.39, 0.29) is 21.7 Å². The Morgan fingerprint density at radius 2 is 1.51 bits per heavy atom. The molecule has 0 spiro atoms. The lowest BCUT2D eigenvalue weighted by molar-refractivity contribution is 0.0846. The summed E-state index contributed by atoms with van der Waals surface area (Å²) in [6.07, 6.45) is 0.732. The Hall–Kier alpha value is -4.25. The van der Waals surface area contributed by atoms with Crippen molar-refractivity contribution in [2.24, 2.45) is 0 Å². The highest BCUT2D eigenvalue weighted by Crippen LogP contribution is 2.30. The van der Waals surface area contributed by atoms with E-state index in [2.05, 4.69) is 15.6 Å². The first-order valence-electron chi connectivity index (χ1n) is 10.6. The topological polar surface area (TPSA) is 132 Å². The third kappa shape index (κ3) is 5.64. The van der Waals surface area contributed by atoms with Crippen LogP contribution < -0.4 is 29.8 Å². The van der Waals surface area contributed by atoms with Crippen molar-refractivity contribution in [3.05, 3.63) is 77.9 Å². The van der Waals surface area contributed by atoms with Crippen molar-refractivity contribution >= 4 is 27.5 Å². The quantitative estimate of drug-likeness (QED) is 0.446. The van der Waals surface area contributed by atoms with Crippen LogP contribution in [0.5, 0.6) is 17.2 Å². The van der Waals surface area contributed by atoms with Crippen LogP contribution in [-0.4, -0.2) is 40.6 Å². The lowest BCUT2D eigenvalue weighted by Gasteiger charge is -2.13. The van der Waals surface area contributed by atoms with E-state index in [1.165, 1.54) is 37.4 Å². The molecule has 4 rings (SSSR count). The van der Waals surface area contributed by atoms with Crippen LogP contribution in [0.15, 0.2) is 71.6 Å². The molecule has 2 amide bonds. The van der Waals surface area contributed by atoms with Crippen molar-refractivity contribution < 1.29 is 32.2 Å². The number of rotatable bonds is 6. The van der Waals surface area contributed by atoms with Crippen LogP contribution in [0.25, 0.3) is 0 Å². The molecule has 0 radical (unpaired) electrons. The maximum atomic E-state index is 12.8. The van der Waals surface area contributed by atoms with Crippen LogP contribution in [0.2, 0.25) is 0 Å². The zero-order valence-corrected chi connectivity index (χ0v) is 19.6. The average molecular weight is 498 g/mol. The van der Waals surface area contributed by atoms with Gasteiger partial charge in [0.1, 0.15) is 5.75 Å². The minimum atomic E-state index is -4.01. The molecule has 0 fully saturated rings. The van der Waals surface area contributed by atoms with Gasteiger partial charge in [-0.05, 0) is 48.5 Å². The molecular formula is C24H23N3O7S. The molecule has 0 saturated heterocycles. The molecule has 3 aromatic carbocycles. The number of amides is 2. The Labute approximate surface area is 202 Å². The number of para-hydroxylation sites is 2. The van der Waals surface area contributed by atoms with E-state index in [0.29, 0.717) is 30.5 Å². The van der Waals surface area contributed by atoms with Crippen molar-refractivity contribution in [1.29, 1.82) is 0 Å². The number of carbonyl (C=O) groups is 2. The highest BCUT2D eigenvalue weighted by Gasteiger charge is 2.19. The second-order valence-corrected chi connectivity index (χ2v) is 9.14. The normalized spacial score (nSPS) is 12.7. The summed E-state index contributed by atoms with van der Waals surface area (Å²) in [4.78, 5) is 25.0. The van der Waals surface area contributed by atoms with Gasteiger partial charge in [0.05, 0.1) is 30.9 Å². The number of hydrogen-bond donors (Lipinski definition) is 3. The lowest BCUT2D eigenvalue weighted by Crippen LogP contribution is -2.41. The monoisotopic (exact) mass is 497 g/mol. The summed E-state index contributed by atoms with van der Waals surface area (Å²) in [5.74, 6) is 0.0740. The summed E-state index contributed by atoms with van der Waals surface area (Å²) in [6.45, 7) is 0.998. The zero-order chi connectivity index (χ0) is 24.8. The Bertz CT molecular complexity index is 1360. The maximum Gasteiger partial charge on any atom is 0.269 e. The number of benzene rings is 3. The SMILES string of the molecule is COc1ccccc1NS(=O)(=O)c1cccc(C(=O)NNC(=O)c2ccc3c(c2)OCCCO3)c1. The molecule has 1 aliphatic heterocycles. The number of hydrogen-bond acceptors (Lipinski definition) is 7. The zero-order valence-electron chi connectivity index (χ0n) is 18.7. The number of methoxy groups -OCH3 is 1. The summed E-state index contributed by atoms with van der Waals surface area (Å²) < 4.78 is 44.4. The third-order valence-corrected chi connectivity index (χ3v) is 6.42. The predicted molar refractivity (Wildman–Crippen MR) is 127 cm³/mol. The largest absolute Gasteiger partial charge is 0.495 e. The fraction of sp³-hybridized carbons (Fsp3) is 0.167. The molecule has 1 heterocycles. The molecule has 10 nitrogen and oxygen atoms in total. The van der Waals surface area contributed by atoms with Gasteiger partial charge in [-0.2, -0.15) is 0 Å². The number of anilines is 1. The summed E-state index contributed by atoms with van der Waals surface area (Å²) >= 11 is 0. The van der Waals surface area contributed by atoms with E-state index in [9.17, 15) is 18.0 Å². The first-order chi connectivity index (χ1) is 16.9. The van der Waals surface area contributed by atoms with Crippen LogP contribution in [0, 0.1) is 0 Å². The van der Waals surface area contributed by atoms with E-state index < -0.39 is 21.8 Å². The van der Waals surface area contributed by atoms with Gasteiger partial charge in [0.2, 0.25) is 0 Å². The number of nitrogens with one attached hydrogen (secondary N) is 3. The van der Waals surface area contributed by atoms with Gasteiger partial charge in [0.25, 0.3) is 21.8 Å². The molecule has 0 aromatic heterocycles. The molecule has 1 aliphatic rings. The van der Waals surface area contributed by atoms with E-state index in [4.69, 9.17) is 14.2 Å². The molecule has 0 saturated carbocycles. The predicted octanol–water partition coefficient (Wildman–Crippen LogP) is 2.73. The third-order valence-electron chi connectivity index (χ3n) is 5.06. The van der Waals surface area contributed by atoms with Gasteiger partial charge in [-0.3, -0.25) is 25.2 Å². The second-order valence-electron chi connectivity index (χ2n) is 7.45. The molecule has 3 N–H and O–H groups in total. The molecule has 0 unspecified atom stereocenters. The molecule has 0 bridgehead atoms. The first kappa shape index (κ1) is 23.9. The lowest BCUT2D eigenvalue weighted by atomic mass is 10.2. The Morgan fingerprint density at radius 3 is 2.26 bits per heavy atom. The van der Waals surface area contributed by atoms with E-state index in [0.717, 1.165) is 6.42 Å². The maximum absolute atomic E-state index is 12.8. The minimum absolute atomic E-state index is 0.0341. The van der Waals surface area contributed by atoms with Crippen molar-refractivity contribution in [2.45, 2.75) is 11.3 Å². The van der Waals surface area contributed by atoms with Crippen LogP contribution in [-0.2, 0) is 10.0 Å². The Kier molecular flexibility index (Phi) is 7.06. The highest BCUT2D eigenvalue weighted by molar-refractivity contribution is 7.92. The molecule has 0 aliphatic carbocycles. The molecule has 35 heavy (non-hydrogen) atoms.